The molecule has 0 saturated heterocycles. The Labute approximate surface area is 90.0 Å². The van der Waals surface area contributed by atoms with E-state index < -0.39 is 5.97 Å². The standard InChI is InChI=1S/C10H8FN3O2/c11-7-3-1-2-6(4-7)10-12-8(13-14-10)5-9(15)16/h1-4H,5H2,(H,15,16)(H,12,13,14). The van der Waals surface area contributed by atoms with Crippen LogP contribution < -0.4 is 0 Å². The summed E-state index contributed by atoms with van der Waals surface area (Å²) in [5.74, 6) is -0.855. The molecular formula is C10H8FN3O2. The lowest BCUT2D eigenvalue weighted by molar-refractivity contribution is -0.136. The Morgan fingerprint density at radius 3 is 3.00 bits per heavy atom. The van der Waals surface area contributed by atoms with Crippen LogP contribution in [0.4, 0.5) is 4.39 Å². The van der Waals surface area contributed by atoms with Gasteiger partial charge < -0.3 is 5.11 Å². The van der Waals surface area contributed by atoms with Crippen LogP contribution in [0, 0.1) is 5.82 Å². The van der Waals surface area contributed by atoms with Crippen molar-refractivity contribution in [3.8, 4) is 11.4 Å². The Kier molecular flexibility index (Phi) is 2.63. The summed E-state index contributed by atoms with van der Waals surface area (Å²) in [7, 11) is 0. The number of H-pyrrole nitrogens is 1. The van der Waals surface area contributed by atoms with Crippen LogP contribution in [0.3, 0.4) is 0 Å². The second-order valence-electron chi connectivity index (χ2n) is 3.19. The molecule has 0 saturated carbocycles. The molecule has 2 aromatic rings. The lowest BCUT2D eigenvalue weighted by atomic mass is 10.2. The lowest BCUT2D eigenvalue weighted by Crippen LogP contribution is -2.01. The van der Waals surface area contributed by atoms with E-state index in [0.717, 1.165) is 0 Å². The van der Waals surface area contributed by atoms with Gasteiger partial charge in [0.2, 0.25) is 0 Å². The van der Waals surface area contributed by atoms with Gasteiger partial charge in [-0.2, -0.15) is 5.10 Å². The Morgan fingerprint density at radius 2 is 2.31 bits per heavy atom. The van der Waals surface area contributed by atoms with Crippen LogP contribution in [-0.4, -0.2) is 26.3 Å². The molecule has 82 valence electrons. The zero-order valence-electron chi connectivity index (χ0n) is 8.14. The summed E-state index contributed by atoms with van der Waals surface area (Å²) in [6, 6.07) is 5.79. The van der Waals surface area contributed by atoms with Gasteiger partial charge in [-0.05, 0) is 12.1 Å². The van der Waals surface area contributed by atoms with Gasteiger partial charge >= 0.3 is 5.97 Å². The van der Waals surface area contributed by atoms with Crippen molar-refractivity contribution < 1.29 is 14.3 Å². The Balaban J connectivity index is 2.28. The van der Waals surface area contributed by atoms with Crippen molar-refractivity contribution in [3.05, 3.63) is 35.9 Å². The first-order chi connectivity index (χ1) is 7.65. The summed E-state index contributed by atoms with van der Waals surface area (Å²) >= 11 is 0. The number of carbonyl (C=O) groups is 1. The topological polar surface area (TPSA) is 78.9 Å². The molecule has 1 aromatic heterocycles. The van der Waals surface area contributed by atoms with Crippen molar-refractivity contribution in [1.29, 1.82) is 0 Å². The van der Waals surface area contributed by atoms with Crippen molar-refractivity contribution in [3.63, 3.8) is 0 Å². The van der Waals surface area contributed by atoms with Gasteiger partial charge in [-0.3, -0.25) is 9.89 Å². The smallest absolute Gasteiger partial charge is 0.311 e. The third kappa shape index (κ3) is 2.22. The molecule has 0 amide bonds. The summed E-state index contributed by atoms with van der Waals surface area (Å²) in [5, 5.41) is 14.8. The van der Waals surface area contributed by atoms with E-state index in [1.54, 1.807) is 6.07 Å². The van der Waals surface area contributed by atoms with Crippen LogP contribution in [0.5, 0.6) is 0 Å². The zero-order chi connectivity index (χ0) is 11.5. The monoisotopic (exact) mass is 221 g/mol. The Morgan fingerprint density at radius 1 is 1.50 bits per heavy atom. The summed E-state index contributed by atoms with van der Waals surface area (Å²) in [6.07, 6.45) is -0.234. The number of halogens is 1. The fourth-order valence-corrected chi connectivity index (χ4v) is 1.27. The summed E-state index contributed by atoms with van der Waals surface area (Å²) in [6.45, 7) is 0. The number of nitrogens with one attached hydrogen (secondary N) is 1. The number of benzene rings is 1. The number of carboxylic acids is 1. The van der Waals surface area contributed by atoms with Crippen molar-refractivity contribution in [1.82, 2.24) is 15.2 Å². The molecule has 0 unspecified atom stereocenters. The maximum atomic E-state index is 12.9. The number of aliphatic carboxylic acids is 1. The minimum atomic E-state index is -0.998. The molecule has 0 aliphatic rings. The fourth-order valence-electron chi connectivity index (χ4n) is 1.27. The summed E-state index contributed by atoms with van der Waals surface area (Å²) < 4.78 is 12.9. The van der Waals surface area contributed by atoms with Gasteiger partial charge in [-0.1, -0.05) is 12.1 Å². The molecule has 1 heterocycles. The van der Waals surface area contributed by atoms with Gasteiger partial charge in [-0.15, -0.1) is 0 Å². The van der Waals surface area contributed by atoms with Crippen molar-refractivity contribution >= 4 is 5.97 Å². The number of hydrogen-bond donors (Lipinski definition) is 2. The maximum absolute atomic E-state index is 12.9. The van der Waals surface area contributed by atoms with Gasteiger partial charge in [0.05, 0.1) is 0 Å². The number of aromatic nitrogens is 3. The highest BCUT2D eigenvalue weighted by Gasteiger charge is 2.08. The van der Waals surface area contributed by atoms with Crippen LogP contribution in [0.25, 0.3) is 11.4 Å². The molecule has 16 heavy (non-hydrogen) atoms. The van der Waals surface area contributed by atoms with Crippen LogP contribution in [-0.2, 0) is 11.2 Å². The Bertz CT molecular complexity index is 524. The predicted molar refractivity (Wildman–Crippen MR) is 53.1 cm³/mol. The normalized spacial score (nSPS) is 10.3. The molecular weight excluding hydrogens is 213 g/mol. The average Bonchev–Trinajstić information content (AvgIpc) is 2.65. The first-order valence-corrected chi connectivity index (χ1v) is 4.54. The highest BCUT2D eigenvalue weighted by atomic mass is 19.1. The molecule has 0 radical (unpaired) electrons. The minimum Gasteiger partial charge on any atom is -0.481 e. The number of aromatic amines is 1. The molecule has 2 N–H and O–H groups in total. The molecule has 0 atom stereocenters. The first-order valence-electron chi connectivity index (χ1n) is 4.54. The van der Waals surface area contributed by atoms with E-state index in [0.29, 0.717) is 5.56 Å². The van der Waals surface area contributed by atoms with Gasteiger partial charge in [0.15, 0.2) is 5.82 Å². The number of nitrogens with zero attached hydrogens (tertiary/aromatic N) is 2. The Hall–Kier alpha value is -2.24. The molecule has 1 aromatic carbocycles. The highest BCUT2D eigenvalue weighted by molar-refractivity contribution is 5.69. The van der Waals surface area contributed by atoms with E-state index in [2.05, 4.69) is 15.2 Å². The molecule has 0 bridgehead atoms. The first kappa shape index (κ1) is 10.3. The molecule has 0 fully saturated rings. The fraction of sp³-hybridized carbons (Fsp3) is 0.100. The van der Waals surface area contributed by atoms with Gasteiger partial charge in [0.25, 0.3) is 0 Å². The minimum absolute atomic E-state index is 0.234. The van der Waals surface area contributed by atoms with Crippen molar-refractivity contribution in [2.75, 3.05) is 0 Å². The van der Waals surface area contributed by atoms with E-state index in [4.69, 9.17) is 5.11 Å². The van der Waals surface area contributed by atoms with Gasteiger partial charge in [0, 0.05) is 5.56 Å². The van der Waals surface area contributed by atoms with E-state index in [-0.39, 0.29) is 23.9 Å². The van der Waals surface area contributed by atoms with Crippen molar-refractivity contribution in [2.45, 2.75) is 6.42 Å². The molecule has 2 rings (SSSR count). The molecule has 0 aliphatic heterocycles. The van der Waals surface area contributed by atoms with Crippen LogP contribution in [0.2, 0.25) is 0 Å². The third-order valence-electron chi connectivity index (χ3n) is 1.93. The van der Waals surface area contributed by atoms with Gasteiger partial charge in [-0.25, -0.2) is 9.37 Å². The quantitative estimate of drug-likeness (QED) is 0.817. The maximum Gasteiger partial charge on any atom is 0.311 e. The molecule has 5 nitrogen and oxygen atoms in total. The number of carboxylic acid groups (broad SMARTS) is 1. The zero-order valence-corrected chi connectivity index (χ0v) is 8.14. The van der Waals surface area contributed by atoms with Gasteiger partial charge in [0.1, 0.15) is 18.1 Å². The van der Waals surface area contributed by atoms with Crippen LogP contribution in [0.15, 0.2) is 24.3 Å². The average molecular weight is 221 g/mol. The second-order valence-corrected chi connectivity index (χ2v) is 3.19. The van der Waals surface area contributed by atoms with Crippen LogP contribution >= 0.6 is 0 Å². The summed E-state index contributed by atoms with van der Waals surface area (Å²) in [5.41, 5.74) is 0.507. The largest absolute Gasteiger partial charge is 0.481 e. The lowest BCUT2D eigenvalue weighted by Gasteiger charge is -1.93. The van der Waals surface area contributed by atoms with E-state index in [1.165, 1.54) is 18.2 Å². The third-order valence-corrected chi connectivity index (χ3v) is 1.93. The number of hydrogen-bond acceptors (Lipinski definition) is 3. The SMILES string of the molecule is O=C(O)Cc1nc(-c2cccc(F)c2)n[nH]1. The highest BCUT2D eigenvalue weighted by Crippen LogP contribution is 2.15. The van der Waals surface area contributed by atoms with E-state index in [1.807, 2.05) is 0 Å². The van der Waals surface area contributed by atoms with E-state index in [9.17, 15) is 9.18 Å². The second kappa shape index (κ2) is 4.09. The molecule has 6 heteroatoms. The predicted octanol–water partition coefficient (Wildman–Crippen LogP) is 1.24. The molecule has 0 aliphatic carbocycles. The van der Waals surface area contributed by atoms with E-state index >= 15 is 0 Å². The van der Waals surface area contributed by atoms with Crippen molar-refractivity contribution in [2.24, 2.45) is 0 Å². The summed E-state index contributed by atoms with van der Waals surface area (Å²) in [4.78, 5) is 14.4. The number of rotatable bonds is 3. The van der Waals surface area contributed by atoms with Crippen LogP contribution in [0.1, 0.15) is 5.82 Å². The molecule has 0 spiro atoms.